The molecule has 2 atom stereocenters. The summed E-state index contributed by atoms with van der Waals surface area (Å²) < 4.78 is 13.2. The zero-order chi connectivity index (χ0) is 24.3. The van der Waals surface area contributed by atoms with Gasteiger partial charge in [-0.15, -0.1) is 0 Å². The molecule has 2 aliphatic rings. The first-order chi connectivity index (χ1) is 16.2. The molecule has 1 aliphatic heterocycles. The Labute approximate surface area is 206 Å². The van der Waals surface area contributed by atoms with Crippen molar-refractivity contribution in [2.45, 2.75) is 110 Å². The summed E-state index contributed by atoms with van der Waals surface area (Å²) in [6, 6.07) is 14.8. The molecule has 184 valence electrons. The number of benzene rings is 2. The Morgan fingerprint density at radius 1 is 1.09 bits per heavy atom. The molecular weight excluding hydrogens is 420 g/mol. The fourth-order valence-electron chi connectivity index (χ4n) is 5.94. The highest BCUT2D eigenvalue weighted by molar-refractivity contribution is 5.81. The van der Waals surface area contributed by atoms with Crippen LogP contribution in [0.25, 0.3) is 0 Å². The number of carbonyl (C=O) groups excluding carboxylic acids is 1. The van der Waals surface area contributed by atoms with Crippen molar-refractivity contribution in [2.24, 2.45) is 5.92 Å². The Morgan fingerprint density at radius 2 is 1.85 bits per heavy atom. The third-order valence-electron chi connectivity index (χ3n) is 8.08. The van der Waals surface area contributed by atoms with Crippen LogP contribution in [0.4, 0.5) is 0 Å². The summed E-state index contributed by atoms with van der Waals surface area (Å²) in [4.78, 5) is 12.5. The van der Waals surface area contributed by atoms with Gasteiger partial charge in [0.25, 0.3) is 0 Å². The Kier molecular flexibility index (Phi) is 7.40. The van der Waals surface area contributed by atoms with Crippen molar-refractivity contribution in [3.63, 3.8) is 0 Å². The van der Waals surface area contributed by atoms with E-state index in [0.29, 0.717) is 31.1 Å². The number of hydrogen-bond acceptors (Lipinski definition) is 3. The first-order valence-corrected chi connectivity index (χ1v) is 13.3. The van der Waals surface area contributed by atoms with Gasteiger partial charge in [-0.1, -0.05) is 76.8 Å². The van der Waals surface area contributed by atoms with Gasteiger partial charge in [0.15, 0.2) is 0 Å². The van der Waals surface area contributed by atoms with E-state index in [9.17, 15) is 4.79 Å². The Balaban J connectivity index is 1.72. The largest absolute Gasteiger partial charge is 0.488 e. The van der Waals surface area contributed by atoms with E-state index in [0.717, 1.165) is 35.5 Å². The van der Waals surface area contributed by atoms with Crippen LogP contribution in [-0.2, 0) is 16.8 Å². The molecule has 4 rings (SSSR count). The van der Waals surface area contributed by atoms with Crippen LogP contribution in [-0.4, -0.2) is 11.4 Å². The van der Waals surface area contributed by atoms with Gasteiger partial charge >= 0.3 is 0 Å². The van der Waals surface area contributed by atoms with Gasteiger partial charge in [0.1, 0.15) is 29.5 Å². The lowest BCUT2D eigenvalue weighted by molar-refractivity contribution is -0.124. The molecule has 0 amide bonds. The van der Waals surface area contributed by atoms with E-state index in [4.69, 9.17) is 9.47 Å². The quantitative estimate of drug-likeness (QED) is 0.353. The molecule has 1 fully saturated rings. The molecule has 0 spiro atoms. The fraction of sp³-hybridized carbons (Fsp3) is 0.581. The first-order valence-electron chi connectivity index (χ1n) is 13.3. The smallest absolute Gasteiger partial charge is 0.133 e. The number of Topliss-reactive ketones (excluding diaryl/α,β-unsaturated/α-hetero) is 1. The van der Waals surface area contributed by atoms with Crippen molar-refractivity contribution >= 4 is 5.78 Å². The maximum atomic E-state index is 12.5. The van der Waals surface area contributed by atoms with Crippen molar-refractivity contribution in [1.29, 1.82) is 0 Å². The van der Waals surface area contributed by atoms with Gasteiger partial charge in [-0.2, -0.15) is 0 Å². The van der Waals surface area contributed by atoms with Crippen molar-refractivity contribution < 1.29 is 14.3 Å². The lowest BCUT2D eigenvalue weighted by Crippen LogP contribution is -2.47. The SMILES string of the molecule is CCCCCCC(C)(C)c1cc(OCc2ccccc2)c2c(c1)OC(C)(C)[C@@H]1CCC(=O)C[C@@H]21. The predicted octanol–water partition coefficient (Wildman–Crippen LogP) is 8.14. The molecule has 1 aliphatic carbocycles. The zero-order valence-corrected chi connectivity index (χ0v) is 21.8. The molecule has 3 nitrogen and oxygen atoms in total. The average molecular weight is 463 g/mol. The van der Waals surface area contributed by atoms with E-state index in [2.05, 4.69) is 58.9 Å². The van der Waals surface area contributed by atoms with Crippen LogP contribution in [0.15, 0.2) is 42.5 Å². The van der Waals surface area contributed by atoms with E-state index < -0.39 is 0 Å². The number of ether oxygens (including phenoxy) is 2. The standard InChI is InChI=1S/C31H42O3/c1-6-7-8-12-17-30(2,3)23-18-27(33-21-22-13-10-9-11-14-22)29-25-20-24(32)15-16-26(25)31(4,5)34-28(29)19-23/h9-11,13-14,18-19,25-26H,6-8,12,15-17,20-21H2,1-5H3/t25-,26-/m1/s1. The lowest BCUT2D eigenvalue weighted by atomic mass is 9.66. The van der Waals surface area contributed by atoms with Crippen LogP contribution in [0.3, 0.4) is 0 Å². The minimum Gasteiger partial charge on any atom is -0.488 e. The summed E-state index contributed by atoms with van der Waals surface area (Å²) in [5.74, 6) is 2.66. The number of carbonyl (C=O) groups is 1. The second-order valence-electron chi connectivity index (χ2n) is 11.6. The van der Waals surface area contributed by atoms with E-state index in [1.165, 1.54) is 31.2 Å². The van der Waals surface area contributed by atoms with E-state index in [1.54, 1.807) is 0 Å². The normalized spacial score (nSPS) is 21.4. The van der Waals surface area contributed by atoms with Crippen molar-refractivity contribution in [1.82, 2.24) is 0 Å². The molecule has 1 saturated carbocycles. The molecule has 34 heavy (non-hydrogen) atoms. The summed E-state index contributed by atoms with van der Waals surface area (Å²) in [5, 5.41) is 0. The van der Waals surface area contributed by atoms with E-state index in [-0.39, 0.29) is 16.9 Å². The van der Waals surface area contributed by atoms with Crippen molar-refractivity contribution in [3.05, 3.63) is 59.2 Å². The fourth-order valence-corrected chi connectivity index (χ4v) is 5.94. The number of fused-ring (bicyclic) bond motifs is 3. The Morgan fingerprint density at radius 3 is 2.59 bits per heavy atom. The lowest BCUT2D eigenvalue weighted by Gasteiger charge is -2.47. The van der Waals surface area contributed by atoms with Crippen molar-refractivity contribution in [3.8, 4) is 11.5 Å². The third kappa shape index (κ3) is 5.34. The summed E-state index contributed by atoms with van der Waals surface area (Å²) in [6.07, 6.45) is 8.32. The van der Waals surface area contributed by atoms with E-state index in [1.807, 2.05) is 18.2 Å². The number of ketones is 1. The maximum Gasteiger partial charge on any atom is 0.133 e. The highest BCUT2D eigenvalue weighted by Gasteiger charge is 2.48. The summed E-state index contributed by atoms with van der Waals surface area (Å²) in [5.41, 5.74) is 3.26. The number of rotatable bonds is 9. The second kappa shape index (κ2) is 10.1. The minimum atomic E-state index is -0.293. The molecule has 0 aromatic heterocycles. The van der Waals surface area contributed by atoms with Gasteiger partial charge in [-0.05, 0) is 55.4 Å². The zero-order valence-electron chi connectivity index (χ0n) is 21.8. The third-order valence-corrected chi connectivity index (χ3v) is 8.08. The minimum absolute atomic E-state index is 0.0281. The summed E-state index contributed by atoms with van der Waals surface area (Å²) in [7, 11) is 0. The van der Waals surface area contributed by atoms with Gasteiger partial charge in [0.2, 0.25) is 0 Å². The topological polar surface area (TPSA) is 35.5 Å². The molecule has 2 aromatic carbocycles. The van der Waals surface area contributed by atoms with Gasteiger partial charge < -0.3 is 9.47 Å². The van der Waals surface area contributed by atoms with Gasteiger partial charge in [-0.25, -0.2) is 0 Å². The monoisotopic (exact) mass is 462 g/mol. The molecule has 0 bridgehead atoms. The molecule has 0 saturated heterocycles. The number of unbranched alkanes of at least 4 members (excludes halogenated alkanes) is 3. The Bertz CT molecular complexity index is 989. The molecule has 0 N–H and O–H groups in total. The van der Waals surface area contributed by atoms with Crippen LogP contribution in [0.1, 0.15) is 109 Å². The maximum absolute atomic E-state index is 12.5. The van der Waals surface area contributed by atoms with Crippen molar-refractivity contribution in [2.75, 3.05) is 0 Å². The van der Waals surface area contributed by atoms with Gasteiger partial charge in [0.05, 0.1) is 0 Å². The molecule has 0 radical (unpaired) electrons. The highest BCUT2D eigenvalue weighted by atomic mass is 16.5. The average Bonchev–Trinajstić information content (AvgIpc) is 2.80. The highest BCUT2D eigenvalue weighted by Crippen LogP contribution is 2.55. The first kappa shape index (κ1) is 24.8. The molecule has 3 heteroatoms. The van der Waals surface area contributed by atoms with Crippen LogP contribution in [0.2, 0.25) is 0 Å². The summed E-state index contributed by atoms with van der Waals surface area (Å²) >= 11 is 0. The van der Waals surface area contributed by atoms with Gasteiger partial charge in [-0.3, -0.25) is 4.79 Å². The molecule has 1 heterocycles. The molecular formula is C31H42O3. The Hall–Kier alpha value is -2.29. The second-order valence-corrected chi connectivity index (χ2v) is 11.6. The predicted molar refractivity (Wildman–Crippen MR) is 139 cm³/mol. The van der Waals surface area contributed by atoms with Crippen LogP contribution in [0, 0.1) is 5.92 Å². The number of hydrogen-bond donors (Lipinski definition) is 0. The molecule has 2 aromatic rings. The van der Waals surface area contributed by atoms with Crippen LogP contribution >= 0.6 is 0 Å². The van der Waals surface area contributed by atoms with Gasteiger partial charge in [0, 0.05) is 30.2 Å². The summed E-state index contributed by atoms with van der Waals surface area (Å²) in [6.45, 7) is 11.8. The molecule has 0 unspecified atom stereocenters. The van der Waals surface area contributed by atoms with Crippen LogP contribution < -0.4 is 9.47 Å². The van der Waals surface area contributed by atoms with E-state index >= 15 is 0 Å². The van der Waals surface area contributed by atoms with Crippen LogP contribution in [0.5, 0.6) is 11.5 Å².